The van der Waals surface area contributed by atoms with Gasteiger partial charge in [0.1, 0.15) is 0 Å². The van der Waals surface area contributed by atoms with Gasteiger partial charge in [0.15, 0.2) is 0 Å². The van der Waals surface area contributed by atoms with Crippen LogP contribution in [0, 0.1) is 17.2 Å². The van der Waals surface area contributed by atoms with Crippen molar-refractivity contribution in [2.45, 2.75) is 84.7 Å². The highest BCUT2D eigenvalue weighted by molar-refractivity contribution is 6.21. The van der Waals surface area contributed by atoms with Crippen LogP contribution in [-0.4, -0.2) is 29.2 Å². The largest absolute Gasteiger partial charge is 0.402 e. The highest BCUT2D eigenvalue weighted by atomic mass is 16.2. The van der Waals surface area contributed by atoms with Gasteiger partial charge in [0.2, 0.25) is 0 Å². The van der Waals surface area contributed by atoms with E-state index in [-0.39, 0.29) is 12.1 Å². The molecule has 1 aromatic rings. The van der Waals surface area contributed by atoms with Gasteiger partial charge in [-0.3, -0.25) is 0 Å². The molecule has 2 aliphatic rings. The van der Waals surface area contributed by atoms with Crippen LogP contribution in [0.15, 0.2) is 30.0 Å². The topological polar surface area (TPSA) is 82.2 Å². The van der Waals surface area contributed by atoms with Gasteiger partial charge in [0, 0.05) is 29.6 Å². The molecule has 2 unspecified atom stereocenters. The Bertz CT molecular complexity index is 801. The van der Waals surface area contributed by atoms with Crippen LogP contribution >= 0.6 is 0 Å². The SMILES string of the molecule is CC(=N)/C(=C(/C)N)c1ccc(C(NC(=O)N2CCCC2C(C)C)C2CCCCC2)cc1. The van der Waals surface area contributed by atoms with E-state index in [1.54, 1.807) is 6.92 Å². The zero-order chi connectivity index (χ0) is 22.5. The summed E-state index contributed by atoms with van der Waals surface area (Å²) in [7, 11) is 0. The summed E-state index contributed by atoms with van der Waals surface area (Å²) in [5, 5.41) is 11.5. The molecule has 1 aliphatic carbocycles. The highest BCUT2D eigenvalue weighted by Crippen LogP contribution is 2.36. The first-order chi connectivity index (χ1) is 14.8. The van der Waals surface area contributed by atoms with E-state index < -0.39 is 0 Å². The first-order valence-electron chi connectivity index (χ1n) is 12.0. The average molecular weight is 425 g/mol. The smallest absolute Gasteiger partial charge is 0.318 e. The lowest BCUT2D eigenvalue weighted by molar-refractivity contribution is 0.166. The quantitative estimate of drug-likeness (QED) is 0.499. The summed E-state index contributed by atoms with van der Waals surface area (Å²) in [5.74, 6) is 0.953. The predicted octanol–water partition coefficient (Wildman–Crippen LogP) is 5.87. The van der Waals surface area contributed by atoms with Crippen LogP contribution in [0.1, 0.15) is 89.8 Å². The number of hydrogen-bond donors (Lipinski definition) is 3. The number of nitrogens with one attached hydrogen (secondary N) is 2. The molecule has 1 heterocycles. The number of nitrogens with two attached hydrogens (primary N) is 1. The van der Waals surface area contributed by atoms with Crippen molar-refractivity contribution in [2.24, 2.45) is 17.6 Å². The van der Waals surface area contributed by atoms with Crippen LogP contribution in [-0.2, 0) is 0 Å². The van der Waals surface area contributed by atoms with Gasteiger partial charge in [-0.1, -0.05) is 57.4 Å². The first-order valence-corrected chi connectivity index (χ1v) is 12.0. The van der Waals surface area contributed by atoms with Crippen LogP contribution < -0.4 is 11.1 Å². The van der Waals surface area contributed by atoms with E-state index in [4.69, 9.17) is 11.1 Å². The van der Waals surface area contributed by atoms with E-state index in [9.17, 15) is 4.79 Å². The second-order valence-corrected chi connectivity index (χ2v) is 9.78. The van der Waals surface area contributed by atoms with Gasteiger partial charge in [-0.25, -0.2) is 4.79 Å². The summed E-state index contributed by atoms with van der Waals surface area (Å²) in [4.78, 5) is 15.4. The summed E-state index contributed by atoms with van der Waals surface area (Å²) in [6, 6.07) is 8.79. The van der Waals surface area contributed by atoms with Gasteiger partial charge in [0.25, 0.3) is 0 Å². The third-order valence-electron chi connectivity index (χ3n) is 7.06. The summed E-state index contributed by atoms with van der Waals surface area (Å²) in [5.41, 5.74) is 10.1. The molecule has 0 bridgehead atoms. The Hall–Kier alpha value is -2.30. The summed E-state index contributed by atoms with van der Waals surface area (Å²) >= 11 is 0. The standard InChI is InChI=1S/C26H40N4O/c1-17(2)23-11-8-16-30(23)26(31)29-25(21-9-6-5-7-10-21)22-14-12-20(13-15-22)24(18(3)27)19(4)28/h12-15,17,21,23,25,27H,5-11,16,28H2,1-4H3,(H,29,31)/b24-19+,27-18?. The van der Waals surface area contributed by atoms with E-state index in [0.29, 0.717) is 29.3 Å². The first kappa shape index (κ1) is 23.4. The molecule has 0 spiro atoms. The maximum absolute atomic E-state index is 13.3. The van der Waals surface area contributed by atoms with E-state index in [1.807, 2.05) is 19.1 Å². The van der Waals surface area contributed by atoms with Gasteiger partial charge >= 0.3 is 6.03 Å². The van der Waals surface area contributed by atoms with Crippen LogP contribution in [0.5, 0.6) is 0 Å². The Morgan fingerprint density at radius 1 is 1.06 bits per heavy atom. The minimum absolute atomic E-state index is 0.0303. The number of allylic oxidation sites excluding steroid dienone is 2. The van der Waals surface area contributed by atoms with Crippen LogP contribution in [0.3, 0.4) is 0 Å². The van der Waals surface area contributed by atoms with Gasteiger partial charge in [-0.15, -0.1) is 0 Å². The molecule has 5 nitrogen and oxygen atoms in total. The van der Waals surface area contributed by atoms with Gasteiger partial charge in [-0.2, -0.15) is 0 Å². The monoisotopic (exact) mass is 424 g/mol. The average Bonchev–Trinajstić information content (AvgIpc) is 3.23. The Balaban J connectivity index is 1.85. The van der Waals surface area contributed by atoms with Crippen molar-refractivity contribution in [3.63, 3.8) is 0 Å². The molecule has 0 aromatic heterocycles. The number of urea groups is 1. The summed E-state index contributed by atoms with van der Waals surface area (Å²) in [6.07, 6.45) is 8.28. The fourth-order valence-electron chi connectivity index (χ4n) is 5.49. The van der Waals surface area contributed by atoms with E-state index >= 15 is 0 Å². The van der Waals surface area contributed by atoms with Crippen LogP contribution in [0.4, 0.5) is 4.79 Å². The maximum Gasteiger partial charge on any atom is 0.318 e. The molecule has 4 N–H and O–H groups in total. The van der Waals surface area contributed by atoms with Gasteiger partial charge < -0.3 is 21.4 Å². The summed E-state index contributed by atoms with van der Waals surface area (Å²) in [6.45, 7) is 8.89. The molecule has 1 saturated carbocycles. The number of rotatable bonds is 6. The van der Waals surface area contributed by atoms with E-state index in [1.165, 1.54) is 19.3 Å². The predicted molar refractivity (Wildman–Crippen MR) is 129 cm³/mol. The molecular weight excluding hydrogens is 384 g/mol. The third-order valence-corrected chi connectivity index (χ3v) is 7.06. The van der Waals surface area contributed by atoms with Crippen molar-refractivity contribution in [2.75, 3.05) is 6.54 Å². The normalized spacial score (nSPS) is 21.7. The van der Waals surface area contributed by atoms with Crippen molar-refractivity contribution in [3.8, 4) is 0 Å². The fraction of sp³-hybridized carbons (Fsp3) is 0.615. The van der Waals surface area contributed by atoms with Gasteiger partial charge in [0.05, 0.1) is 6.04 Å². The van der Waals surface area contributed by atoms with Crippen LogP contribution in [0.25, 0.3) is 5.57 Å². The Kier molecular flexibility index (Phi) is 7.79. The lowest BCUT2D eigenvalue weighted by atomic mass is 9.81. The molecule has 1 aliphatic heterocycles. The molecular formula is C26H40N4O. The van der Waals surface area contributed by atoms with Crippen molar-refractivity contribution in [3.05, 3.63) is 41.1 Å². The van der Waals surface area contributed by atoms with Gasteiger partial charge in [-0.05, 0) is 62.5 Å². The molecule has 1 saturated heterocycles. The molecule has 0 radical (unpaired) electrons. The number of likely N-dealkylation sites (tertiary alicyclic amines) is 1. The minimum atomic E-state index is 0.0303. The van der Waals surface area contributed by atoms with E-state index in [2.05, 4.69) is 36.2 Å². The minimum Gasteiger partial charge on any atom is -0.402 e. The third kappa shape index (κ3) is 5.50. The maximum atomic E-state index is 13.3. The number of benzene rings is 1. The van der Waals surface area contributed by atoms with Crippen LogP contribution in [0.2, 0.25) is 0 Å². The van der Waals surface area contributed by atoms with E-state index in [0.717, 1.165) is 48.9 Å². The Morgan fingerprint density at radius 3 is 2.26 bits per heavy atom. The van der Waals surface area contributed by atoms with Crippen molar-refractivity contribution in [1.29, 1.82) is 5.41 Å². The fourth-order valence-corrected chi connectivity index (χ4v) is 5.49. The zero-order valence-corrected chi connectivity index (χ0v) is 19.7. The number of carbonyl (C=O) groups excluding carboxylic acids is 1. The Morgan fingerprint density at radius 2 is 1.71 bits per heavy atom. The van der Waals surface area contributed by atoms with Crippen molar-refractivity contribution < 1.29 is 4.79 Å². The summed E-state index contributed by atoms with van der Waals surface area (Å²) < 4.78 is 0. The molecule has 31 heavy (non-hydrogen) atoms. The number of hydrogen-bond acceptors (Lipinski definition) is 3. The molecule has 2 fully saturated rings. The number of nitrogens with zero attached hydrogens (tertiary/aromatic N) is 1. The molecule has 170 valence electrons. The zero-order valence-electron chi connectivity index (χ0n) is 19.7. The molecule has 3 rings (SSSR count). The highest BCUT2D eigenvalue weighted by Gasteiger charge is 2.34. The number of amides is 2. The lowest BCUT2D eigenvalue weighted by Crippen LogP contribution is -2.47. The number of carbonyl (C=O) groups is 1. The lowest BCUT2D eigenvalue weighted by Gasteiger charge is -2.35. The molecule has 5 heteroatoms. The molecule has 1 aromatic carbocycles. The Labute approximate surface area is 188 Å². The second-order valence-electron chi connectivity index (χ2n) is 9.78. The molecule has 2 amide bonds. The van der Waals surface area contributed by atoms with Crippen molar-refractivity contribution >= 4 is 17.3 Å². The molecule has 2 atom stereocenters. The second kappa shape index (κ2) is 10.3. The van der Waals surface area contributed by atoms with Crippen molar-refractivity contribution in [1.82, 2.24) is 10.2 Å².